The number of hydrogen-bond donors (Lipinski definition) is 0. The molecule has 4 heteroatoms. The van der Waals surface area contributed by atoms with E-state index in [2.05, 4.69) is 26.5 Å². The van der Waals surface area contributed by atoms with Crippen LogP contribution in [0.1, 0.15) is 0 Å². The number of pyridine rings is 1. The van der Waals surface area contributed by atoms with E-state index in [9.17, 15) is 0 Å². The van der Waals surface area contributed by atoms with E-state index in [1.807, 2.05) is 0 Å². The lowest BCUT2D eigenvalue weighted by Crippen LogP contribution is -1.86. The molecule has 0 fully saturated rings. The van der Waals surface area contributed by atoms with Crippen molar-refractivity contribution in [1.82, 2.24) is 20.4 Å². The van der Waals surface area contributed by atoms with Gasteiger partial charge >= 0.3 is 0 Å². The van der Waals surface area contributed by atoms with Crippen molar-refractivity contribution in [2.24, 2.45) is 0 Å². The second-order valence-electron chi connectivity index (χ2n) is 1.79. The highest BCUT2D eigenvalue weighted by Gasteiger charge is 1.90. The molecule has 0 amide bonds. The molecule has 2 aromatic heterocycles. The Morgan fingerprint density at radius 1 is 1.30 bits per heavy atom. The summed E-state index contributed by atoms with van der Waals surface area (Å²) in [7, 11) is 0. The maximum atomic E-state index is 3.85. The Kier molecular flexibility index (Phi) is 1.04. The molecule has 0 atom stereocenters. The van der Waals surface area contributed by atoms with Gasteiger partial charge in [0, 0.05) is 23.8 Å². The average molecular weight is 131 g/mol. The Labute approximate surface area is 56.9 Å². The van der Waals surface area contributed by atoms with E-state index in [1.54, 1.807) is 18.6 Å². The number of fused-ring (bicyclic) bond motifs is 1. The molecule has 10 heavy (non-hydrogen) atoms. The maximum Gasteiger partial charge on any atom is 0.107 e. The van der Waals surface area contributed by atoms with Gasteiger partial charge in [-0.3, -0.25) is 4.98 Å². The minimum atomic E-state index is 0.699. The summed E-state index contributed by atoms with van der Waals surface area (Å²) in [6.07, 6.45) is 4.83. The van der Waals surface area contributed by atoms with Gasteiger partial charge in [0.1, 0.15) is 5.52 Å². The first-order valence-corrected chi connectivity index (χ1v) is 2.76. The number of rotatable bonds is 0. The minimum absolute atomic E-state index is 0.699. The van der Waals surface area contributed by atoms with Crippen molar-refractivity contribution in [3.63, 3.8) is 0 Å². The summed E-state index contributed by atoms with van der Waals surface area (Å²) in [6.45, 7) is 0. The molecule has 0 unspecified atom stereocenters. The number of hydrogen-bond acceptors (Lipinski definition) is 4. The first-order chi connectivity index (χ1) is 4.97. The molecule has 0 aromatic carbocycles. The van der Waals surface area contributed by atoms with Crippen LogP contribution in [0.5, 0.6) is 0 Å². The van der Waals surface area contributed by atoms with Gasteiger partial charge in [0.25, 0.3) is 0 Å². The van der Waals surface area contributed by atoms with Gasteiger partial charge in [-0.1, -0.05) is 0 Å². The van der Waals surface area contributed by atoms with E-state index < -0.39 is 0 Å². The largest absolute Gasteiger partial charge is 0.263 e. The zero-order valence-electron chi connectivity index (χ0n) is 5.02. The van der Waals surface area contributed by atoms with E-state index in [1.165, 1.54) is 0 Å². The molecule has 0 saturated carbocycles. The minimum Gasteiger partial charge on any atom is -0.263 e. The van der Waals surface area contributed by atoms with Crippen LogP contribution < -0.4 is 0 Å². The van der Waals surface area contributed by atoms with Crippen LogP contribution in [0.25, 0.3) is 10.9 Å². The lowest BCUT2D eigenvalue weighted by Gasteiger charge is -1.88. The van der Waals surface area contributed by atoms with Crippen LogP contribution in [0.15, 0.2) is 18.6 Å². The Balaban J connectivity index is 2.89. The molecule has 0 saturated heterocycles. The Hall–Kier alpha value is -1.58. The lowest BCUT2D eigenvalue weighted by molar-refractivity contribution is 0.893. The summed E-state index contributed by atoms with van der Waals surface area (Å²) in [4.78, 5) is 3.85. The van der Waals surface area contributed by atoms with Crippen LogP contribution in [0, 0.1) is 6.07 Å². The molecule has 2 aromatic rings. The van der Waals surface area contributed by atoms with Crippen LogP contribution >= 0.6 is 0 Å². The molecular weight excluding hydrogens is 128 g/mol. The summed E-state index contributed by atoms with van der Waals surface area (Å²) >= 11 is 0. The van der Waals surface area contributed by atoms with Gasteiger partial charge < -0.3 is 0 Å². The van der Waals surface area contributed by atoms with Crippen LogP contribution in [-0.2, 0) is 0 Å². The third kappa shape index (κ3) is 0.699. The van der Waals surface area contributed by atoms with Crippen molar-refractivity contribution in [2.45, 2.75) is 0 Å². The molecule has 4 nitrogen and oxygen atoms in total. The van der Waals surface area contributed by atoms with Gasteiger partial charge in [-0.05, 0) is 5.21 Å². The standard InChI is InChI=1S/C6H3N4/c1-2-7-3-5-4-8-10-9-6(1)5/h2-4H. The first-order valence-electron chi connectivity index (χ1n) is 2.76. The summed E-state index contributed by atoms with van der Waals surface area (Å²) in [5, 5.41) is 11.6. The first kappa shape index (κ1) is 5.22. The molecule has 2 heterocycles. The lowest BCUT2D eigenvalue weighted by atomic mass is 10.3. The van der Waals surface area contributed by atoms with Crippen molar-refractivity contribution < 1.29 is 0 Å². The van der Waals surface area contributed by atoms with Crippen LogP contribution in [-0.4, -0.2) is 20.4 Å². The molecule has 0 aliphatic heterocycles. The fourth-order valence-electron chi connectivity index (χ4n) is 0.700. The zero-order chi connectivity index (χ0) is 6.81. The van der Waals surface area contributed by atoms with Gasteiger partial charge in [0.15, 0.2) is 0 Å². The Morgan fingerprint density at radius 3 is 3.20 bits per heavy atom. The third-order valence-corrected chi connectivity index (χ3v) is 1.16. The topological polar surface area (TPSA) is 51.6 Å². The molecule has 0 aliphatic carbocycles. The highest BCUT2D eigenvalue weighted by Crippen LogP contribution is 2.02. The number of nitrogens with zero attached hydrogens (tertiary/aromatic N) is 4. The van der Waals surface area contributed by atoms with Gasteiger partial charge in [-0.15, -0.1) is 10.2 Å². The SMILES string of the molecule is [c]1cncc2cnnnc12. The van der Waals surface area contributed by atoms with E-state index in [-0.39, 0.29) is 0 Å². The highest BCUT2D eigenvalue weighted by molar-refractivity contribution is 5.74. The molecular formula is C6H3N4. The Morgan fingerprint density at radius 2 is 2.30 bits per heavy atom. The summed E-state index contributed by atoms with van der Waals surface area (Å²) in [5.41, 5.74) is 0.699. The van der Waals surface area contributed by atoms with Crippen LogP contribution in [0.4, 0.5) is 0 Å². The van der Waals surface area contributed by atoms with E-state index in [0.29, 0.717) is 5.52 Å². The van der Waals surface area contributed by atoms with Gasteiger partial charge in [0.2, 0.25) is 0 Å². The smallest absolute Gasteiger partial charge is 0.107 e. The predicted molar refractivity (Wildman–Crippen MR) is 34.0 cm³/mol. The molecule has 1 radical (unpaired) electrons. The molecule has 0 spiro atoms. The van der Waals surface area contributed by atoms with Gasteiger partial charge in [0.05, 0.1) is 6.20 Å². The normalized spacial score (nSPS) is 10.0. The van der Waals surface area contributed by atoms with Crippen molar-refractivity contribution in [2.75, 3.05) is 0 Å². The van der Waals surface area contributed by atoms with E-state index >= 15 is 0 Å². The number of aromatic nitrogens is 4. The van der Waals surface area contributed by atoms with Crippen molar-refractivity contribution in [3.8, 4) is 0 Å². The third-order valence-electron chi connectivity index (χ3n) is 1.16. The molecule has 0 bridgehead atoms. The summed E-state index contributed by atoms with van der Waals surface area (Å²) in [6, 6.07) is 2.83. The van der Waals surface area contributed by atoms with Crippen molar-refractivity contribution >= 4 is 10.9 Å². The fourth-order valence-corrected chi connectivity index (χ4v) is 0.700. The van der Waals surface area contributed by atoms with Crippen LogP contribution in [0.3, 0.4) is 0 Å². The van der Waals surface area contributed by atoms with Crippen molar-refractivity contribution in [3.05, 3.63) is 24.7 Å². The molecule has 47 valence electrons. The zero-order valence-corrected chi connectivity index (χ0v) is 5.02. The fraction of sp³-hybridized carbons (Fsp3) is 0. The van der Waals surface area contributed by atoms with Crippen LogP contribution in [0.2, 0.25) is 0 Å². The molecule has 2 rings (SSSR count). The van der Waals surface area contributed by atoms with Crippen molar-refractivity contribution in [1.29, 1.82) is 0 Å². The summed E-state index contributed by atoms with van der Waals surface area (Å²) in [5.74, 6) is 0. The molecule has 0 aliphatic rings. The molecule has 0 N–H and O–H groups in total. The second-order valence-corrected chi connectivity index (χ2v) is 1.79. The predicted octanol–water partition coefficient (Wildman–Crippen LogP) is 0.220. The monoisotopic (exact) mass is 131 g/mol. The Bertz CT molecular complexity index is 281. The van der Waals surface area contributed by atoms with Gasteiger partial charge in [-0.25, -0.2) is 0 Å². The maximum absolute atomic E-state index is 3.85. The van der Waals surface area contributed by atoms with E-state index in [0.717, 1.165) is 5.39 Å². The second kappa shape index (κ2) is 1.98. The highest BCUT2D eigenvalue weighted by atomic mass is 15.3. The average Bonchev–Trinajstić information content (AvgIpc) is 2.05. The summed E-state index contributed by atoms with van der Waals surface area (Å²) < 4.78 is 0. The van der Waals surface area contributed by atoms with E-state index in [4.69, 9.17) is 0 Å². The van der Waals surface area contributed by atoms with Gasteiger partial charge in [-0.2, -0.15) is 0 Å². The quantitative estimate of drug-likeness (QED) is 0.513.